The molecule has 0 aromatic heterocycles. The number of rotatable bonds is 5. The van der Waals surface area contributed by atoms with Gasteiger partial charge in [0.25, 0.3) is 0 Å². The van der Waals surface area contributed by atoms with Gasteiger partial charge < -0.3 is 10.6 Å². The average Bonchev–Trinajstić information content (AvgIpc) is 2.84. The number of hydrogen-bond donors (Lipinski definition) is 4. The number of nitrogens with two attached hydrogens (primary N) is 1. The maximum Gasteiger partial charge on any atom is 0.241 e. The first-order valence-electron chi connectivity index (χ1n) is 6.66. The van der Waals surface area contributed by atoms with Crippen LogP contribution in [-0.4, -0.2) is 31.0 Å². The Hall–Kier alpha value is -1.30. The Morgan fingerprint density at radius 1 is 1.39 bits per heavy atom. The van der Waals surface area contributed by atoms with Crippen molar-refractivity contribution >= 4 is 11.9 Å². The van der Waals surface area contributed by atoms with Crippen LogP contribution in [0.4, 0.5) is 0 Å². The third-order valence-corrected chi connectivity index (χ3v) is 2.92. The molecular formula is C12H25N5O. The standard InChI is InChI=1S/C12H25N5O/c1-9(2)7-14-11(18)8-15-12(17-13)16-10-5-3-4-6-10/h9-10H,3-8,13H2,1-2H3,(H,14,18)(H2,15,16,17). The highest BCUT2D eigenvalue weighted by Crippen LogP contribution is 2.17. The summed E-state index contributed by atoms with van der Waals surface area (Å²) in [5, 5.41) is 6.03. The van der Waals surface area contributed by atoms with Crippen LogP contribution in [0, 0.1) is 5.92 Å². The Bertz CT molecular complexity index is 284. The second kappa shape index (κ2) is 7.92. The predicted molar refractivity (Wildman–Crippen MR) is 72.9 cm³/mol. The lowest BCUT2D eigenvalue weighted by Gasteiger charge is -2.15. The number of hydrogen-bond acceptors (Lipinski definition) is 3. The topological polar surface area (TPSA) is 91.5 Å². The molecule has 0 unspecified atom stereocenters. The zero-order chi connectivity index (χ0) is 13.4. The molecule has 5 N–H and O–H groups in total. The Morgan fingerprint density at radius 3 is 2.61 bits per heavy atom. The van der Waals surface area contributed by atoms with Gasteiger partial charge in [0.15, 0.2) is 0 Å². The maximum atomic E-state index is 11.5. The Balaban J connectivity index is 2.29. The Kier molecular flexibility index (Phi) is 6.49. The van der Waals surface area contributed by atoms with Gasteiger partial charge in [0, 0.05) is 12.6 Å². The molecule has 0 heterocycles. The number of nitrogens with zero attached hydrogens (tertiary/aromatic N) is 1. The highest BCUT2D eigenvalue weighted by molar-refractivity contribution is 5.84. The molecule has 1 fully saturated rings. The van der Waals surface area contributed by atoms with Gasteiger partial charge in [-0.1, -0.05) is 26.7 Å². The summed E-state index contributed by atoms with van der Waals surface area (Å²) >= 11 is 0. The summed E-state index contributed by atoms with van der Waals surface area (Å²) in [7, 11) is 0. The number of aliphatic imine (C=N–C) groups is 1. The fourth-order valence-electron chi connectivity index (χ4n) is 1.92. The van der Waals surface area contributed by atoms with Crippen molar-refractivity contribution in [1.82, 2.24) is 16.1 Å². The van der Waals surface area contributed by atoms with Crippen molar-refractivity contribution in [2.24, 2.45) is 16.8 Å². The highest BCUT2D eigenvalue weighted by Gasteiger charge is 2.15. The monoisotopic (exact) mass is 255 g/mol. The Morgan fingerprint density at radius 2 is 2.06 bits per heavy atom. The van der Waals surface area contributed by atoms with E-state index in [0.29, 0.717) is 24.5 Å². The minimum absolute atomic E-state index is 0.0790. The van der Waals surface area contributed by atoms with Crippen LogP contribution in [0.15, 0.2) is 4.99 Å². The molecule has 0 spiro atoms. The van der Waals surface area contributed by atoms with E-state index in [9.17, 15) is 4.79 Å². The molecule has 0 aromatic carbocycles. The predicted octanol–water partition coefficient (Wildman–Crippen LogP) is 0.110. The summed E-state index contributed by atoms with van der Waals surface area (Å²) in [5.41, 5.74) is 2.51. The van der Waals surface area contributed by atoms with Crippen LogP contribution in [0.5, 0.6) is 0 Å². The van der Waals surface area contributed by atoms with Crippen LogP contribution < -0.4 is 21.9 Å². The SMILES string of the molecule is CC(C)CNC(=O)CN=C(NN)NC1CCCC1. The summed E-state index contributed by atoms with van der Waals surface area (Å²) in [6, 6.07) is 0.429. The molecule has 0 aromatic rings. The lowest BCUT2D eigenvalue weighted by atomic mass is 10.2. The van der Waals surface area contributed by atoms with Crippen molar-refractivity contribution in [2.75, 3.05) is 13.1 Å². The number of carbonyl (C=O) groups is 1. The van der Waals surface area contributed by atoms with E-state index in [1.54, 1.807) is 0 Å². The number of hydrazine groups is 1. The molecule has 18 heavy (non-hydrogen) atoms. The third kappa shape index (κ3) is 5.86. The van der Waals surface area contributed by atoms with Crippen molar-refractivity contribution in [2.45, 2.75) is 45.6 Å². The molecule has 104 valence electrons. The van der Waals surface area contributed by atoms with Gasteiger partial charge in [-0.3, -0.25) is 10.2 Å². The quantitative estimate of drug-likeness (QED) is 0.243. The molecule has 0 radical (unpaired) electrons. The summed E-state index contributed by atoms with van der Waals surface area (Å²) in [6.07, 6.45) is 4.76. The van der Waals surface area contributed by atoms with E-state index in [0.717, 1.165) is 12.8 Å². The van der Waals surface area contributed by atoms with Gasteiger partial charge in [0.05, 0.1) is 0 Å². The van der Waals surface area contributed by atoms with E-state index in [1.807, 2.05) is 0 Å². The van der Waals surface area contributed by atoms with E-state index in [1.165, 1.54) is 12.8 Å². The van der Waals surface area contributed by atoms with Crippen LogP contribution in [0.25, 0.3) is 0 Å². The molecule has 1 amide bonds. The van der Waals surface area contributed by atoms with Gasteiger partial charge in [-0.25, -0.2) is 10.8 Å². The van der Waals surface area contributed by atoms with Crippen LogP contribution in [-0.2, 0) is 4.79 Å². The number of nitrogens with one attached hydrogen (secondary N) is 3. The van der Waals surface area contributed by atoms with Gasteiger partial charge in [0.1, 0.15) is 6.54 Å². The first-order valence-corrected chi connectivity index (χ1v) is 6.66. The molecule has 1 aliphatic rings. The maximum absolute atomic E-state index is 11.5. The molecular weight excluding hydrogens is 230 g/mol. The van der Waals surface area contributed by atoms with Crippen molar-refractivity contribution in [3.63, 3.8) is 0 Å². The number of carbonyl (C=O) groups excluding carboxylic acids is 1. The van der Waals surface area contributed by atoms with E-state index in [2.05, 4.69) is 34.9 Å². The molecule has 0 aliphatic heterocycles. The first kappa shape index (κ1) is 14.8. The summed E-state index contributed by atoms with van der Waals surface area (Å²) in [4.78, 5) is 15.6. The van der Waals surface area contributed by atoms with Crippen molar-refractivity contribution in [3.05, 3.63) is 0 Å². The third-order valence-electron chi connectivity index (χ3n) is 2.92. The van der Waals surface area contributed by atoms with Crippen LogP contribution >= 0.6 is 0 Å². The van der Waals surface area contributed by atoms with Gasteiger partial charge in [-0.2, -0.15) is 0 Å². The van der Waals surface area contributed by atoms with E-state index >= 15 is 0 Å². The van der Waals surface area contributed by atoms with Crippen molar-refractivity contribution in [1.29, 1.82) is 0 Å². The smallest absolute Gasteiger partial charge is 0.241 e. The summed E-state index contributed by atoms with van der Waals surface area (Å²) < 4.78 is 0. The number of amides is 1. The first-order chi connectivity index (χ1) is 8.61. The van der Waals surface area contributed by atoms with Crippen molar-refractivity contribution < 1.29 is 4.79 Å². The fourth-order valence-corrected chi connectivity index (χ4v) is 1.92. The molecule has 1 aliphatic carbocycles. The molecule has 6 nitrogen and oxygen atoms in total. The molecule has 1 rings (SSSR count). The largest absolute Gasteiger partial charge is 0.354 e. The van der Waals surface area contributed by atoms with E-state index in [4.69, 9.17) is 5.84 Å². The normalized spacial score (nSPS) is 17.0. The summed E-state index contributed by atoms with van der Waals surface area (Å²) in [5.74, 6) is 6.25. The van der Waals surface area contributed by atoms with Gasteiger partial charge >= 0.3 is 0 Å². The molecule has 0 atom stereocenters. The molecule has 1 saturated carbocycles. The van der Waals surface area contributed by atoms with Crippen molar-refractivity contribution in [3.8, 4) is 0 Å². The lowest BCUT2D eigenvalue weighted by Crippen LogP contribution is -2.46. The Labute approximate surface area is 109 Å². The van der Waals surface area contributed by atoms with Gasteiger partial charge in [0.2, 0.25) is 11.9 Å². The lowest BCUT2D eigenvalue weighted by molar-refractivity contribution is -0.119. The minimum Gasteiger partial charge on any atom is -0.354 e. The zero-order valence-electron chi connectivity index (χ0n) is 11.3. The molecule has 6 heteroatoms. The highest BCUT2D eigenvalue weighted by atomic mass is 16.1. The van der Waals surface area contributed by atoms with Gasteiger partial charge in [-0.15, -0.1) is 0 Å². The zero-order valence-corrected chi connectivity index (χ0v) is 11.3. The fraction of sp³-hybridized carbons (Fsp3) is 0.833. The van der Waals surface area contributed by atoms with Gasteiger partial charge in [-0.05, 0) is 18.8 Å². The molecule has 0 bridgehead atoms. The minimum atomic E-state index is -0.0790. The van der Waals surface area contributed by atoms with Crippen LogP contribution in [0.1, 0.15) is 39.5 Å². The van der Waals surface area contributed by atoms with E-state index < -0.39 is 0 Å². The summed E-state index contributed by atoms with van der Waals surface area (Å²) in [6.45, 7) is 4.89. The second-order valence-corrected chi connectivity index (χ2v) is 5.13. The van der Waals surface area contributed by atoms with Crippen LogP contribution in [0.2, 0.25) is 0 Å². The average molecular weight is 255 g/mol. The number of guanidine groups is 1. The second-order valence-electron chi connectivity index (χ2n) is 5.13. The van der Waals surface area contributed by atoms with E-state index in [-0.39, 0.29) is 12.5 Å². The molecule has 0 saturated heterocycles. The van der Waals surface area contributed by atoms with Crippen LogP contribution in [0.3, 0.4) is 0 Å².